The minimum absolute atomic E-state index is 0.114. The number of nitrogens with two attached hydrogens (primary N) is 2. The predicted octanol–water partition coefficient (Wildman–Crippen LogP) is -0.380. The second-order valence-electron chi connectivity index (χ2n) is 2.24. The lowest BCUT2D eigenvalue weighted by Crippen LogP contribution is -2.34. The second-order valence-corrected chi connectivity index (χ2v) is 2.24. The summed E-state index contributed by atoms with van der Waals surface area (Å²) in [5.41, 5.74) is 10.7. The maximum absolute atomic E-state index is 5.43. The lowest BCUT2D eigenvalue weighted by Gasteiger charge is -2.06. The van der Waals surface area contributed by atoms with Gasteiger partial charge in [-0.1, -0.05) is 0 Å². The number of hydrogen-bond acceptors (Lipinski definition) is 3. The summed E-state index contributed by atoms with van der Waals surface area (Å²) in [7, 11) is 0. The lowest BCUT2D eigenvalue weighted by molar-refractivity contribution is 0.543. The maximum Gasteiger partial charge on any atom is 0.0517 e. The molecule has 0 amide bonds. The van der Waals surface area contributed by atoms with E-state index >= 15 is 0 Å². The Hall–Kier alpha value is -0.120. The van der Waals surface area contributed by atoms with Gasteiger partial charge in [-0.2, -0.15) is 0 Å². The molecule has 3 nitrogen and oxygen atoms in total. The zero-order valence-electron chi connectivity index (χ0n) is 6.06. The standard InChI is InChI=1S/C6H17N3/c1-6(8)9-5-3-2-4-7/h6,9H,2-5,7-8H2,1H3. The van der Waals surface area contributed by atoms with Crippen molar-refractivity contribution in [2.24, 2.45) is 11.5 Å². The molecule has 0 aromatic heterocycles. The van der Waals surface area contributed by atoms with Crippen LogP contribution in [0.5, 0.6) is 0 Å². The molecule has 0 aromatic rings. The van der Waals surface area contributed by atoms with Crippen LogP contribution in [0.1, 0.15) is 19.8 Å². The van der Waals surface area contributed by atoms with Gasteiger partial charge >= 0.3 is 0 Å². The lowest BCUT2D eigenvalue weighted by atomic mass is 10.3. The van der Waals surface area contributed by atoms with Crippen LogP contribution >= 0.6 is 0 Å². The summed E-state index contributed by atoms with van der Waals surface area (Å²) >= 11 is 0. The van der Waals surface area contributed by atoms with E-state index in [-0.39, 0.29) is 6.17 Å². The monoisotopic (exact) mass is 131 g/mol. The zero-order valence-corrected chi connectivity index (χ0v) is 6.06. The van der Waals surface area contributed by atoms with Crippen LogP contribution in [0.4, 0.5) is 0 Å². The smallest absolute Gasteiger partial charge is 0.0517 e. The van der Waals surface area contributed by atoms with Gasteiger partial charge in [-0.05, 0) is 32.9 Å². The van der Waals surface area contributed by atoms with Crippen molar-refractivity contribution in [1.29, 1.82) is 0 Å². The number of hydrogen-bond donors (Lipinski definition) is 3. The molecule has 0 saturated carbocycles. The fourth-order valence-corrected chi connectivity index (χ4v) is 0.599. The summed E-state index contributed by atoms with van der Waals surface area (Å²) in [6, 6.07) is 0. The molecule has 0 saturated heterocycles. The van der Waals surface area contributed by atoms with Crippen LogP contribution in [0.25, 0.3) is 0 Å². The van der Waals surface area contributed by atoms with Crippen molar-refractivity contribution in [1.82, 2.24) is 5.32 Å². The van der Waals surface area contributed by atoms with Gasteiger partial charge in [0.1, 0.15) is 0 Å². The molecular formula is C6H17N3. The minimum Gasteiger partial charge on any atom is -0.330 e. The third-order valence-electron chi connectivity index (χ3n) is 1.10. The number of nitrogens with one attached hydrogen (secondary N) is 1. The fraction of sp³-hybridized carbons (Fsp3) is 1.00. The summed E-state index contributed by atoms with van der Waals surface area (Å²) in [6.07, 6.45) is 2.32. The SMILES string of the molecule is CC(N)NCCCCN. The van der Waals surface area contributed by atoms with Crippen molar-refractivity contribution in [2.45, 2.75) is 25.9 Å². The third kappa shape index (κ3) is 7.88. The Morgan fingerprint density at radius 1 is 1.44 bits per heavy atom. The molecule has 9 heavy (non-hydrogen) atoms. The molecule has 0 aliphatic rings. The van der Waals surface area contributed by atoms with Crippen molar-refractivity contribution in [2.75, 3.05) is 13.1 Å². The largest absolute Gasteiger partial charge is 0.330 e. The highest BCUT2D eigenvalue weighted by Gasteiger charge is 1.89. The molecular weight excluding hydrogens is 114 g/mol. The molecule has 0 rings (SSSR count). The van der Waals surface area contributed by atoms with E-state index in [1.807, 2.05) is 6.92 Å². The van der Waals surface area contributed by atoms with Crippen LogP contribution in [0.3, 0.4) is 0 Å². The third-order valence-corrected chi connectivity index (χ3v) is 1.10. The first kappa shape index (κ1) is 8.88. The molecule has 0 spiro atoms. The van der Waals surface area contributed by atoms with Crippen LogP contribution in [-0.4, -0.2) is 19.3 Å². The predicted molar refractivity (Wildman–Crippen MR) is 39.9 cm³/mol. The van der Waals surface area contributed by atoms with E-state index in [0.29, 0.717) is 0 Å². The summed E-state index contributed by atoms with van der Waals surface area (Å²) in [6.45, 7) is 3.69. The normalized spacial score (nSPS) is 13.7. The Balaban J connectivity index is 2.75. The Labute approximate surface area is 56.8 Å². The van der Waals surface area contributed by atoms with E-state index < -0.39 is 0 Å². The van der Waals surface area contributed by atoms with Crippen molar-refractivity contribution in [3.63, 3.8) is 0 Å². The summed E-state index contributed by atoms with van der Waals surface area (Å²) < 4.78 is 0. The average Bonchev–Trinajstić information content (AvgIpc) is 1.80. The van der Waals surface area contributed by atoms with E-state index in [1.54, 1.807) is 0 Å². The first-order chi connectivity index (χ1) is 4.27. The van der Waals surface area contributed by atoms with Gasteiger partial charge in [0.05, 0.1) is 6.17 Å². The molecule has 56 valence electrons. The van der Waals surface area contributed by atoms with Gasteiger partial charge in [0.2, 0.25) is 0 Å². The van der Waals surface area contributed by atoms with Crippen molar-refractivity contribution >= 4 is 0 Å². The Kier molecular flexibility index (Phi) is 5.93. The first-order valence-electron chi connectivity index (χ1n) is 3.46. The molecule has 5 N–H and O–H groups in total. The molecule has 0 aliphatic heterocycles. The quantitative estimate of drug-likeness (QED) is 0.352. The molecule has 1 atom stereocenters. The fourth-order valence-electron chi connectivity index (χ4n) is 0.599. The highest BCUT2D eigenvalue weighted by Crippen LogP contribution is 1.81. The van der Waals surface area contributed by atoms with Crippen molar-refractivity contribution in [3.05, 3.63) is 0 Å². The maximum atomic E-state index is 5.43. The van der Waals surface area contributed by atoms with Gasteiger partial charge in [0, 0.05) is 0 Å². The Morgan fingerprint density at radius 2 is 2.11 bits per heavy atom. The molecule has 0 heterocycles. The van der Waals surface area contributed by atoms with E-state index in [1.165, 1.54) is 0 Å². The van der Waals surface area contributed by atoms with Gasteiger partial charge in [-0.3, -0.25) is 0 Å². The molecule has 0 bridgehead atoms. The first-order valence-corrected chi connectivity index (χ1v) is 3.46. The average molecular weight is 131 g/mol. The van der Waals surface area contributed by atoms with Gasteiger partial charge in [-0.25, -0.2) is 0 Å². The number of rotatable bonds is 5. The highest BCUT2D eigenvalue weighted by molar-refractivity contribution is 4.50. The van der Waals surface area contributed by atoms with Crippen LogP contribution in [0, 0.1) is 0 Å². The summed E-state index contributed by atoms with van der Waals surface area (Å²) in [5.74, 6) is 0. The van der Waals surface area contributed by atoms with Crippen LogP contribution in [-0.2, 0) is 0 Å². The topological polar surface area (TPSA) is 64.1 Å². The summed E-state index contributed by atoms with van der Waals surface area (Å²) in [4.78, 5) is 0. The van der Waals surface area contributed by atoms with E-state index in [9.17, 15) is 0 Å². The van der Waals surface area contributed by atoms with Gasteiger partial charge in [0.15, 0.2) is 0 Å². The molecule has 0 aliphatic carbocycles. The van der Waals surface area contributed by atoms with Crippen LogP contribution in [0.2, 0.25) is 0 Å². The minimum atomic E-state index is 0.114. The van der Waals surface area contributed by atoms with Crippen LogP contribution in [0.15, 0.2) is 0 Å². The summed E-state index contributed by atoms with van der Waals surface area (Å²) in [5, 5.41) is 3.10. The van der Waals surface area contributed by atoms with E-state index in [0.717, 1.165) is 25.9 Å². The molecule has 0 radical (unpaired) electrons. The molecule has 3 heteroatoms. The van der Waals surface area contributed by atoms with Crippen molar-refractivity contribution < 1.29 is 0 Å². The van der Waals surface area contributed by atoms with Gasteiger partial charge in [0.25, 0.3) is 0 Å². The van der Waals surface area contributed by atoms with Crippen LogP contribution < -0.4 is 16.8 Å². The Bertz CT molecular complexity index is 54.3. The molecule has 1 unspecified atom stereocenters. The second kappa shape index (κ2) is 6.01. The number of unbranched alkanes of at least 4 members (excludes halogenated alkanes) is 1. The highest BCUT2D eigenvalue weighted by atomic mass is 15.0. The Morgan fingerprint density at radius 3 is 2.56 bits per heavy atom. The van der Waals surface area contributed by atoms with E-state index in [2.05, 4.69) is 5.32 Å². The molecule has 0 fully saturated rings. The van der Waals surface area contributed by atoms with Gasteiger partial charge in [-0.15, -0.1) is 0 Å². The van der Waals surface area contributed by atoms with Gasteiger partial charge < -0.3 is 16.8 Å². The van der Waals surface area contributed by atoms with E-state index in [4.69, 9.17) is 11.5 Å². The molecule has 0 aromatic carbocycles. The zero-order chi connectivity index (χ0) is 7.11. The van der Waals surface area contributed by atoms with Crippen molar-refractivity contribution in [3.8, 4) is 0 Å².